The molecular formula is C39H48N10O3. The lowest BCUT2D eigenvalue weighted by Gasteiger charge is -2.42. The van der Waals surface area contributed by atoms with Crippen molar-refractivity contribution >= 4 is 17.5 Å². The van der Waals surface area contributed by atoms with Crippen molar-refractivity contribution in [2.75, 3.05) is 57.7 Å². The van der Waals surface area contributed by atoms with E-state index in [4.69, 9.17) is 34.1 Å². The average Bonchev–Trinajstić information content (AvgIpc) is 3.15. The van der Waals surface area contributed by atoms with Crippen molar-refractivity contribution in [3.8, 4) is 28.9 Å². The molecule has 1 aliphatic heterocycles. The Morgan fingerprint density at radius 2 is 1.31 bits per heavy atom. The molecule has 1 fully saturated rings. The summed E-state index contributed by atoms with van der Waals surface area (Å²) in [6.07, 6.45) is 5.24. The van der Waals surface area contributed by atoms with Crippen molar-refractivity contribution in [1.82, 2.24) is 39.7 Å². The molecule has 4 heterocycles. The molecule has 0 unspecified atom stereocenters. The quantitative estimate of drug-likeness (QED) is 0.156. The van der Waals surface area contributed by atoms with E-state index >= 15 is 0 Å². The molecule has 0 bridgehead atoms. The maximum atomic E-state index is 5.41. The number of nitrogens with one attached hydrogen (secondary N) is 1. The zero-order chi connectivity index (χ0) is 36.7. The van der Waals surface area contributed by atoms with Crippen molar-refractivity contribution in [3.63, 3.8) is 0 Å². The zero-order valence-corrected chi connectivity index (χ0v) is 31.1. The first kappa shape index (κ1) is 36.4. The van der Waals surface area contributed by atoms with Gasteiger partial charge in [0.15, 0.2) is 5.82 Å². The second-order valence-electron chi connectivity index (χ2n) is 13.8. The summed E-state index contributed by atoms with van der Waals surface area (Å²) in [5.74, 6) is 3.85. The summed E-state index contributed by atoms with van der Waals surface area (Å²) in [6.45, 7) is 14.6. The first-order valence-corrected chi connectivity index (χ1v) is 17.4. The molecule has 0 atom stereocenters. The number of aromatic nitrogens is 6. The standard InChI is InChI=1S/C39H48N10O3/c1-27-43-36(46-37(44-27)48(25-28-8-12-32(50-5)13-9-28)26-29-10-14-33(51-6)15-11-29)34-20-30(24-47-16-18-49(19-17-47)39(2,3)4)21-40-35(34)45-31-22-41-38(52-7)42-23-31/h8-15,20-23H,16-19,24-26H2,1-7H3,(H,40,45). The van der Waals surface area contributed by atoms with Crippen molar-refractivity contribution in [2.24, 2.45) is 0 Å². The van der Waals surface area contributed by atoms with Crippen LogP contribution < -0.4 is 24.4 Å². The van der Waals surface area contributed by atoms with Gasteiger partial charge in [0.1, 0.15) is 23.1 Å². The van der Waals surface area contributed by atoms with Gasteiger partial charge in [0.25, 0.3) is 0 Å². The van der Waals surface area contributed by atoms with E-state index < -0.39 is 0 Å². The molecule has 0 spiro atoms. The van der Waals surface area contributed by atoms with E-state index in [0.717, 1.165) is 66.5 Å². The molecular weight excluding hydrogens is 656 g/mol. The fourth-order valence-electron chi connectivity index (χ4n) is 6.15. The Hall–Kier alpha value is -5.40. The van der Waals surface area contributed by atoms with Gasteiger partial charge in [-0.1, -0.05) is 24.3 Å². The molecule has 13 heteroatoms. The van der Waals surface area contributed by atoms with Gasteiger partial charge in [-0.05, 0) is 74.7 Å². The fourth-order valence-corrected chi connectivity index (χ4v) is 6.15. The molecule has 0 saturated carbocycles. The predicted octanol–water partition coefficient (Wildman–Crippen LogP) is 5.92. The first-order valence-electron chi connectivity index (χ1n) is 17.4. The van der Waals surface area contributed by atoms with E-state index in [-0.39, 0.29) is 11.5 Å². The maximum absolute atomic E-state index is 5.41. The molecule has 6 rings (SSSR count). The van der Waals surface area contributed by atoms with E-state index in [1.54, 1.807) is 26.6 Å². The number of piperazine rings is 1. The molecule has 1 saturated heterocycles. The topological polar surface area (TPSA) is 127 Å². The van der Waals surface area contributed by atoms with Crippen LogP contribution in [0.25, 0.3) is 11.4 Å². The number of hydrogen-bond donors (Lipinski definition) is 1. The van der Waals surface area contributed by atoms with E-state index in [0.29, 0.717) is 42.2 Å². The highest BCUT2D eigenvalue weighted by Crippen LogP contribution is 2.30. The van der Waals surface area contributed by atoms with Crippen LogP contribution in [0.4, 0.5) is 17.5 Å². The second kappa shape index (κ2) is 16.3. The molecule has 0 radical (unpaired) electrons. The molecule has 3 aromatic heterocycles. The Balaban J connectivity index is 1.36. The third-order valence-corrected chi connectivity index (χ3v) is 9.07. The number of ether oxygens (including phenoxy) is 3. The largest absolute Gasteiger partial charge is 0.497 e. The van der Waals surface area contributed by atoms with Gasteiger partial charge in [-0.25, -0.2) is 19.9 Å². The van der Waals surface area contributed by atoms with E-state index in [9.17, 15) is 0 Å². The highest BCUT2D eigenvalue weighted by molar-refractivity contribution is 5.75. The van der Waals surface area contributed by atoms with Crippen LogP contribution in [0.1, 0.15) is 43.3 Å². The molecule has 13 nitrogen and oxygen atoms in total. The van der Waals surface area contributed by atoms with Crippen LogP contribution in [-0.2, 0) is 19.6 Å². The third-order valence-electron chi connectivity index (χ3n) is 9.07. The van der Waals surface area contributed by atoms with Crippen molar-refractivity contribution in [2.45, 2.75) is 52.9 Å². The summed E-state index contributed by atoms with van der Waals surface area (Å²) < 4.78 is 16.0. The van der Waals surface area contributed by atoms with Gasteiger partial charge in [0.05, 0.1) is 45.0 Å². The van der Waals surface area contributed by atoms with Crippen molar-refractivity contribution in [1.29, 1.82) is 0 Å². The number of aryl methyl sites for hydroxylation is 1. The minimum absolute atomic E-state index is 0.155. The molecule has 272 valence electrons. The Bertz CT molecular complexity index is 1860. The third kappa shape index (κ3) is 9.28. The van der Waals surface area contributed by atoms with Crippen LogP contribution in [0.2, 0.25) is 0 Å². The summed E-state index contributed by atoms with van der Waals surface area (Å²) in [4.78, 5) is 35.5. The normalized spacial score (nSPS) is 13.8. The first-order chi connectivity index (χ1) is 25.1. The zero-order valence-electron chi connectivity index (χ0n) is 31.1. The fraction of sp³-hybridized carbons (Fsp3) is 0.385. The van der Waals surface area contributed by atoms with Gasteiger partial charge in [-0.2, -0.15) is 9.97 Å². The Kier molecular flexibility index (Phi) is 11.4. The number of hydrogen-bond acceptors (Lipinski definition) is 13. The average molecular weight is 705 g/mol. The van der Waals surface area contributed by atoms with E-state index in [1.807, 2.05) is 37.4 Å². The number of pyridine rings is 1. The minimum atomic E-state index is 0.155. The lowest BCUT2D eigenvalue weighted by Crippen LogP contribution is -2.53. The number of benzene rings is 2. The highest BCUT2D eigenvalue weighted by atomic mass is 16.5. The lowest BCUT2D eigenvalue weighted by atomic mass is 10.0. The summed E-state index contributed by atoms with van der Waals surface area (Å²) in [7, 11) is 4.88. The second-order valence-corrected chi connectivity index (χ2v) is 13.8. The molecule has 2 aromatic carbocycles. The van der Waals surface area contributed by atoms with Gasteiger partial charge in [0.2, 0.25) is 5.95 Å². The van der Waals surface area contributed by atoms with Gasteiger partial charge in [-0.3, -0.25) is 9.80 Å². The van der Waals surface area contributed by atoms with E-state index in [1.165, 1.54) is 7.11 Å². The smallest absolute Gasteiger partial charge is 0.316 e. The van der Waals surface area contributed by atoms with Crippen molar-refractivity contribution in [3.05, 3.63) is 95.7 Å². The van der Waals surface area contributed by atoms with Gasteiger partial charge in [-0.15, -0.1) is 0 Å². The summed E-state index contributed by atoms with van der Waals surface area (Å²) in [5.41, 5.74) is 4.82. The molecule has 1 N–H and O–H groups in total. The Morgan fingerprint density at radius 3 is 1.85 bits per heavy atom. The monoisotopic (exact) mass is 704 g/mol. The molecule has 1 aliphatic rings. The minimum Gasteiger partial charge on any atom is -0.497 e. The Labute approximate surface area is 306 Å². The van der Waals surface area contributed by atoms with Gasteiger partial charge < -0.3 is 24.4 Å². The molecule has 52 heavy (non-hydrogen) atoms. The van der Waals surface area contributed by atoms with Crippen molar-refractivity contribution < 1.29 is 14.2 Å². The number of nitrogens with zero attached hydrogens (tertiary/aromatic N) is 9. The number of methoxy groups -OCH3 is 3. The highest BCUT2D eigenvalue weighted by Gasteiger charge is 2.26. The van der Waals surface area contributed by atoms with Crippen LogP contribution in [-0.4, -0.2) is 92.8 Å². The molecule has 0 amide bonds. The SMILES string of the molecule is COc1ccc(CN(Cc2ccc(OC)cc2)c2nc(C)nc(-c3cc(CN4CCN(C(C)(C)C)CC4)cnc3Nc3cnc(OC)nc3)n2)cc1. The summed E-state index contributed by atoms with van der Waals surface area (Å²) >= 11 is 0. The maximum Gasteiger partial charge on any atom is 0.316 e. The molecule has 0 aliphatic carbocycles. The summed E-state index contributed by atoms with van der Waals surface area (Å²) in [6, 6.07) is 18.5. The van der Waals surface area contributed by atoms with Gasteiger partial charge >= 0.3 is 6.01 Å². The van der Waals surface area contributed by atoms with Crippen LogP contribution in [0.5, 0.6) is 17.5 Å². The molecule has 5 aromatic rings. The number of rotatable bonds is 13. The van der Waals surface area contributed by atoms with Crippen LogP contribution in [0, 0.1) is 6.92 Å². The Morgan fingerprint density at radius 1 is 0.712 bits per heavy atom. The summed E-state index contributed by atoms with van der Waals surface area (Å²) in [5, 5.41) is 3.40. The lowest BCUT2D eigenvalue weighted by molar-refractivity contribution is 0.0590. The van der Waals surface area contributed by atoms with Crippen LogP contribution in [0.3, 0.4) is 0 Å². The van der Waals surface area contributed by atoms with E-state index in [2.05, 4.69) is 81.1 Å². The van der Waals surface area contributed by atoms with Crippen LogP contribution >= 0.6 is 0 Å². The van der Waals surface area contributed by atoms with Gasteiger partial charge in [0, 0.05) is 57.5 Å². The van der Waals surface area contributed by atoms with Crippen LogP contribution in [0.15, 0.2) is 73.2 Å². The predicted molar refractivity (Wildman–Crippen MR) is 202 cm³/mol. The number of anilines is 3.